The minimum atomic E-state index is -3.79. The molecule has 0 spiro atoms. The first-order chi connectivity index (χ1) is 7.14. The molecule has 0 aromatic rings. The van der Waals surface area contributed by atoms with Gasteiger partial charge in [0, 0.05) is 0 Å². The fourth-order valence-corrected chi connectivity index (χ4v) is 2.72. The topological polar surface area (TPSA) is 55.8 Å². The molecule has 15 heavy (non-hydrogen) atoms. The van der Waals surface area contributed by atoms with Gasteiger partial charge in [-0.3, -0.25) is 9.05 Å². The molecule has 1 unspecified atom stereocenters. The van der Waals surface area contributed by atoms with Gasteiger partial charge in [0.2, 0.25) is 0 Å². The van der Waals surface area contributed by atoms with E-state index in [0.717, 1.165) is 38.5 Å². The monoisotopic (exact) mass is 236 g/mol. The molecule has 1 fully saturated rings. The smallest absolute Gasteiger partial charge is 0.302 e. The Morgan fingerprint density at radius 2 is 2.00 bits per heavy atom. The zero-order valence-corrected chi connectivity index (χ0v) is 10.2. The van der Waals surface area contributed by atoms with Crippen molar-refractivity contribution in [1.82, 2.24) is 0 Å². The molecule has 1 rings (SSSR count). The van der Waals surface area contributed by atoms with Gasteiger partial charge >= 0.3 is 7.82 Å². The van der Waals surface area contributed by atoms with Crippen LogP contribution in [0.5, 0.6) is 0 Å². The van der Waals surface area contributed by atoms with Crippen LogP contribution in [0.1, 0.15) is 51.9 Å². The average Bonchev–Trinajstić information content (AvgIpc) is 2.18. The van der Waals surface area contributed by atoms with Crippen LogP contribution in [0, 0.1) is 0 Å². The van der Waals surface area contributed by atoms with Crippen molar-refractivity contribution in [3.63, 3.8) is 0 Å². The summed E-state index contributed by atoms with van der Waals surface area (Å²) in [7, 11) is -3.79. The Hall–Kier alpha value is 0.110. The second-order valence-electron chi connectivity index (χ2n) is 4.02. The molecule has 0 radical (unpaired) electrons. The molecule has 0 aliphatic heterocycles. The van der Waals surface area contributed by atoms with Crippen molar-refractivity contribution in [3.05, 3.63) is 0 Å². The summed E-state index contributed by atoms with van der Waals surface area (Å²) in [6, 6.07) is 0. The summed E-state index contributed by atoms with van der Waals surface area (Å²) in [6.07, 6.45) is 6.77. The van der Waals surface area contributed by atoms with Crippen LogP contribution >= 0.6 is 7.82 Å². The van der Waals surface area contributed by atoms with Crippen molar-refractivity contribution >= 4 is 7.82 Å². The Bertz CT molecular complexity index is 213. The predicted molar refractivity (Wildman–Crippen MR) is 58.6 cm³/mol. The van der Waals surface area contributed by atoms with Crippen molar-refractivity contribution in [2.45, 2.75) is 58.0 Å². The minimum Gasteiger partial charge on any atom is -0.302 e. The van der Waals surface area contributed by atoms with Crippen LogP contribution in [0.2, 0.25) is 0 Å². The third-order valence-electron chi connectivity index (χ3n) is 2.59. The number of phosphoric ester groups is 1. The van der Waals surface area contributed by atoms with E-state index >= 15 is 0 Å². The van der Waals surface area contributed by atoms with Gasteiger partial charge in [-0.1, -0.05) is 32.6 Å². The largest absolute Gasteiger partial charge is 0.472 e. The molecule has 0 bridgehead atoms. The molecule has 0 amide bonds. The summed E-state index contributed by atoms with van der Waals surface area (Å²) >= 11 is 0. The zero-order valence-electron chi connectivity index (χ0n) is 9.35. The summed E-state index contributed by atoms with van der Waals surface area (Å²) in [5.41, 5.74) is 0. The summed E-state index contributed by atoms with van der Waals surface area (Å²) in [5.74, 6) is 0. The highest BCUT2D eigenvalue weighted by Crippen LogP contribution is 2.46. The molecule has 0 heterocycles. The Balaban J connectivity index is 2.24. The molecule has 1 atom stereocenters. The lowest BCUT2D eigenvalue weighted by Crippen LogP contribution is -2.16. The summed E-state index contributed by atoms with van der Waals surface area (Å²) in [5, 5.41) is 0. The van der Waals surface area contributed by atoms with Crippen LogP contribution in [0.3, 0.4) is 0 Å². The zero-order chi connectivity index (χ0) is 11.1. The molecular weight excluding hydrogens is 215 g/mol. The SMILES string of the molecule is CCCCOP(=O)(O)OC1CCCCC1. The minimum absolute atomic E-state index is 0.0868. The fraction of sp³-hybridized carbons (Fsp3) is 1.00. The summed E-state index contributed by atoms with van der Waals surface area (Å²) < 4.78 is 21.4. The van der Waals surface area contributed by atoms with Gasteiger partial charge in [0.25, 0.3) is 0 Å². The van der Waals surface area contributed by atoms with Gasteiger partial charge in [0.05, 0.1) is 12.7 Å². The van der Waals surface area contributed by atoms with E-state index < -0.39 is 7.82 Å². The quantitative estimate of drug-likeness (QED) is 0.568. The lowest BCUT2D eigenvalue weighted by molar-refractivity contribution is 0.0820. The third-order valence-corrected chi connectivity index (χ3v) is 3.66. The molecule has 1 aliphatic rings. The Labute approximate surface area is 91.6 Å². The van der Waals surface area contributed by atoms with E-state index in [0.29, 0.717) is 6.61 Å². The average molecular weight is 236 g/mol. The number of phosphoric acid groups is 1. The molecule has 4 nitrogen and oxygen atoms in total. The second-order valence-corrected chi connectivity index (χ2v) is 5.43. The van der Waals surface area contributed by atoms with E-state index in [1.165, 1.54) is 6.42 Å². The standard InChI is InChI=1S/C10H21O4P/c1-2-3-9-13-15(11,12)14-10-7-5-4-6-8-10/h10H,2-9H2,1H3,(H,11,12). The Morgan fingerprint density at radius 1 is 1.33 bits per heavy atom. The van der Waals surface area contributed by atoms with Crippen molar-refractivity contribution in [2.24, 2.45) is 0 Å². The van der Waals surface area contributed by atoms with E-state index in [-0.39, 0.29) is 6.10 Å². The molecule has 1 saturated carbocycles. The van der Waals surface area contributed by atoms with Crippen molar-refractivity contribution < 1.29 is 18.5 Å². The lowest BCUT2D eigenvalue weighted by atomic mass is 9.98. The summed E-state index contributed by atoms with van der Waals surface area (Å²) in [6.45, 7) is 2.31. The maximum Gasteiger partial charge on any atom is 0.472 e. The Kier molecular flexibility index (Phi) is 5.83. The fourth-order valence-electron chi connectivity index (χ4n) is 1.71. The molecule has 5 heteroatoms. The van der Waals surface area contributed by atoms with E-state index in [1.54, 1.807) is 0 Å². The van der Waals surface area contributed by atoms with Crippen LogP contribution in [-0.2, 0) is 13.6 Å². The molecular formula is C10H21O4P. The number of unbranched alkanes of at least 4 members (excludes halogenated alkanes) is 1. The van der Waals surface area contributed by atoms with Gasteiger partial charge in [-0.2, -0.15) is 0 Å². The predicted octanol–water partition coefficient (Wildman–Crippen LogP) is 3.25. The van der Waals surface area contributed by atoms with Crippen LogP contribution < -0.4 is 0 Å². The molecule has 0 saturated heterocycles. The van der Waals surface area contributed by atoms with E-state index in [9.17, 15) is 9.46 Å². The van der Waals surface area contributed by atoms with Crippen LogP contribution in [-0.4, -0.2) is 17.6 Å². The van der Waals surface area contributed by atoms with E-state index in [1.807, 2.05) is 6.92 Å². The van der Waals surface area contributed by atoms with Crippen LogP contribution in [0.15, 0.2) is 0 Å². The van der Waals surface area contributed by atoms with Gasteiger partial charge in [0.1, 0.15) is 0 Å². The van der Waals surface area contributed by atoms with Gasteiger partial charge in [-0.05, 0) is 19.3 Å². The van der Waals surface area contributed by atoms with E-state index in [2.05, 4.69) is 0 Å². The molecule has 0 aromatic heterocycles. The van der Waals surface area contributed by atoms with E-state index in [4.69, 9.17) is 9.05 Å². The van der Waals surface area contributed by atoms with Gasteiger partial charge in [-0.25, -0.2) is 4.57 Å². The number of hydrogen-bond donors (Lipinski definition) is 1. The van der Waals surface area contributed by atoms with Crippen LogP contribution in [0.4, 0.5) is 0 Å². The van der Waals surface area contributed by atoms with Gasteiger partial charge < -0.3 is 4.89 Å². The maximum atomic E-state index is 11.5. The number of hydrogen-bond acceptors (Lipinski definition) is 3. The van der Waals surface area contributed by atoms with Crippen molar-refractivity contribution in [3.8, 4) is 0 Å². The first kappa shape index (κ1) is 13.2. The maximum absolute atomic E-state index is 11.5. The third kappa shape index (κ3) is 5.67. The Morgan fingerprint density at radius 3 is 2.60 bits per heavy atom. The highest BCUT2D eigenvalue weighted by Gasteiger charge is 2.27. The number of rotatable bonds is 6. The lowest BCUT2D eigenvalue weighted by Gasteiger charge is -2.23. The first-order valence-electron chi connectivity index (χ1n) is 5.80. The normalized spacial score (nSPS) is 22.5. The van der Waals surface area contributed by atoms with Gasteiger partial charge in [0.15, 0.2) is 0 Å². The highest BCUT2D eigenvalue weighted by atomic mass is 31.2. The highest BCUT2D eigenvalue weighted by molar-refractivity contribution is 7.47. The molecule has 90 valence electrons. The molecule has 1 aliphatic carbocycles. The molecule has 0 aromatic carbocycles. The van der Waals surface area contributed by atoms with Crippen LogP contribution in [0.25, 0.3) is 0 Å². The van der Waals surface area contributed by atoms with Gasteiger partial charge in [-0.15, -0.1) is 0 Å². The van der Waals surface area contributed by atoms with Crippen molar-refractivity contribution in [1.29, 1.82) is 0 Å². The first-order valence-corrected chi connectivity index (χ1v) is 7.29. The summed E-state index contributed by atoms with van der Waals surface area (Å²) in [4.78, 5) is 9.40. The molecule has 1 N–H and O–H groups in total. The second kappa shape index (κ2) is 6.64. The van der Waals surface area contributed by atoms with Crippen molar-refractivity contribution in [2.75, 3.05) is 6.61 Å².